The maximum absolute atomic E-state index is 5.31. The summed E-state index contributed by atoms with van der Waals surface area (Å²) in [4.78, 5) is 0. The zero-order valence-electron chi connectivity index (χ0n) is 13.4. The van der Waals surface area contributed by atoms with Gasteiger partial charge in [-0.3, -0.25) is 0 Å². The third-order valence-corrected chi connectivity index (χ3v) is 3.95. The second-order valence-corrected chi connectivity index (χ2v) is 5.83. The van der Waals surface area contributed by atoms with E-state index in [9.17, 15) is 0 Å². The van der Waals surface area contributed by atoms with Gasteiger partial charge in [0.1, 0.15) is 5.75 Å². The first-order valence-corrected chi connectivity index (χ1v) is 7.55. The average molecular weight is 283 g/mol. The number of benzene rings is 2. The van der Waals surface area contributed by atoms with Gasteiger partial charge in [0.15, 0.2) is 0 Å². The molecular formula is C19H25NO. The van der Waals surface area contributed by atoms with Crippen LogP contribution in [0.15, 0.2) is 48.5 Å². The summed E-state index contributed by atoms with van der Waals surface area (Å²) in [6.45, 7) is 7.56. The van der Waals surface area contributed by atoms with Crippen molar-refractivity contribution in [2.45, 2.75) is 26.7 Å². The highest BCUT2D eigenvalue weighted by molar-refractivity contribution is 5.51. The summed E-state index contributed by atoms with van der Waals surface area (Å²) in [5.74, 6) is 2.04. The lowest BCUT2D eigenvalue weighted by atomic mass is 9.88. The van der Waals surface area contributed by atoms with Crippen molar-refractivity contribution in [3.05, 3.63) is 59.7 Å². The lowest BCUT2D eigenvalue weighted by Gasteiger charge is -2.22. The van der Waals surface area contributed by atoms with Crippen LogP contribution in [0.3, 0.4) is 0 Å². The van der Waals surface area contributed by atoms with Gasteiger partial charge in [0.2, 0.25) is 0 Å². The first kappa shape index (κ1) is 15.4. The molecule has 0 fully saturated rings. The van der Waals surface area contributed by atoms with E-state index in [0.29, 0.717) is 11.8 Å². The smallest absolute Gasteiger partial charge is 0.121 e. The van der Waals surface area contributed by atoms with Gasteiger partial charge in [-0.15, -0.1) is 0 Å². The van der Waals surface area contributed by atoms with Crippen molar-refractivity contribution in [3.8, 4) is 5.75 Å². The van der Waals surface area contributed by atoms with E-state index < -0.39 is 0 Å². The summed E-state index contributed by atoms with van der Waals surface area (Å²) in [5, 5.41) is 3.56. The Morgan fingerprint density at radius 2 is 1.76 bits per heavy atom. The molecule has 0 amide bonds. The van der Waals surface area contributed by atoms with Crippen molar-refractivity contribution in [2.75, 3.05) is 19.0 Å². The van der Waals surface area contributed by atoms with E-state index in [4.69, 9.17) is 4.74 Å². The molecule has 0 aromatic heterocycles. The number of aryl methyl sites for hydroxylation is 1. The van der Waals surface area contributed by atoms with Gasteiger partial charge in [-0.05, 0) is 42.2 Å². The molecule has 0 radical (unpaired) electrons. The summed E-state index contributed by atoms with van der Waals surface area (Å²) in [6.07, 6.45) is 0. The third kappa shape index (κ3) is 4.01. The van der Waals surface area contributed by atoms with E-state index >= 15 is 0 Å². The summed E-state index contributed by atoms with van der Waals surface area (Å²) in [7, 11) is 1.71. The van der Waals surface area contributed by atoms with Gasteiger partial charge in [-0.2, -0.15) is 0 Å². The third-order valence-electron chi connectivity index (χ3n) is 3.95. The predicted molar refractivity (Wildman–Crippen MR) is 90.2 cm³/mol. The van der Waals surface area contributed by atoms with Crippen LogP contribution in [-0.2, 0) is 0 Å². The molecule has 112 valence electrons. The molecule has 1 unspecified atom stereocenters. The van der Waals surface area contributed by atoms with Gasteiger partial charge in [-0.25, -0.2) is 0 Å². The second-order valence-electron chi connectivity index (χ2n) is 5.83. The topological polar surface area (TPSA) is 21.3 Å². The van der Waals surface area contributed by atoms with Crippen molar-refractivity contribution in [1.82, 2.24) is 0 Å². The number of ether oxygens (including phenoxy) is 1. The molecule has 2 rings (SSSR count). The quantitative estimate of drug-likeness (QED) is 0.817. The standard InChI is InChI=1S/C19H25NO/c1-14(2)18(16-8-6-5-7-9-16)13-20-17-10-11-19(21-4)15(3)12-17/h5-12,14,18,20H,13H2,1-4H3. The fourth-order valence-corrected chi connectivity index (χ4v) is 2.65. The van der Waals surface area contributed by atoms with Crippen LogP contribution in [0.5, 0.6) is 5.75 Å². The number of nitrogens with one attached hydrogen (secondary N) is 1. The van der Waals surface area contributed by atoms with Crippen molar-refractivity contribution in [3.63, 3.8) is 0 Å². The van der Waals surface area contributed by atoms with Crippen LogP contribution >= 0.6 is 0 Å². The Balaban J connectivity index is 2.07. The average Bonchev–Trinajstić information content (AvgIpc) is 2.48. The molecule has 1 atom stereocenters. The Bertz CT molecular complexity index is 563. The molecule has 2 aromatic carbocycles. The zero-order valence-corrected chi connectivity index (χ0v) is 13.4. The zero-order chi connectivity index (χ0) is 15.2. The number of hydrogen-bond acceptors (Lipinski definition) is 2. The molecule has 0 heterocycles. The predicted octanol–water partition coefficient (Wildman–Crippen LogP) is 4.86. The Morgan fingerprint density at radius 3 is 2.33 bits per heavy atom. The Hall–Kier alpha value is -1.96. The van der Waals surface area contributed by atoms with E-state index in [0.717, 1.165) is 23.5 Å². The summed E-state index contributed by atoms with van der Waals surface area (Å²) >= 11 is 0. The van der Waals surface area contributed by atoms with E-state index in [1.807, 2.05) is 6.07 Å². The molecular weight excluding hydrogens is 258 g/mol. The SMILES string of the molecule is COc1ccc(NCC(c2ccccc2)C(C)C)cc1C. The van der Waals surface area contributed by atoms with Gasteiger partial charge in [0.25, 0.3) is 0 Å². The Labute approximate surface area is 128 Å². The molecule has 21 heavy (non-hydrogen) atoms. The number of anilines is 1. The molecule has 0 saturated heterocycles. The fraction of sp³-hybridized carbons (Fsp3) is 0.368. The fourth-order valence-electron chi connectivity index (χ4n) is 2.65. The highest BCUT2D eigenvalue weighted by atomic mass is 16.5. The largest absolute Gasteiger partial charge is 0.496 e. The minimum Gasteiger partial charge on any atom is -0.496 e. The number of rotatable bonds is 6. The molecule has 0 spiro atoms. The van der Waals surface area contributed by atoms with Crippen LogP contribution in [0, 0.1) is 12.8 Å². The van der Waals surface area contributed by atoms with Crippen molar-refractivity contribution in [2.24, 2.45) is 5.92 Å². The lowest BCUT2D eigenvalue weighted by molar-refractivity contribution is 0.412. The van der Waals surface area contributed by atoms with Gasteiger partial charge in [-0.1, -0.05) is 44.2 Å². The highest BCUT2D eigenvalue weighted by Gasteiger charge is 2.15. The normalized spacial score (nSPS) is 12.2. The van der Waals surface area contributed by atoms with Crippen LogP contribution in [0.1, 0.15) is 30.9 Å². The lowest BCUT2D eigenvalue weighted by Crippen LogP contribution is -2.17. The molecule has 0 bridgehead atoms. The van der Waals surface area contributed by atoms with Crippen LogP contribution < -0.4 is 10.1 Å². The summed E-state index contributed by atoms with van der Waals surface area (Å²) in [5.41, 5.74) is 3.70. The maximum Gasteiger partial charge on any atom is 0.121 e. The minimum atomic E-state index is 0.508. The van der Waals surface area contributed by atoms with Crippen molar-refractivity contribution < 1.29 is 4.74 Å². The van der Waals surface area contributed by atoms with Crippen molar-refractivity contribution in [1.29, 1.82) is 0 Å². The van der Waals surface area contributed by atoms with Crippen molar-refractivity contribution >= 4 is 5.69 Å². The van der Waals surface area contributed by atoms with Gasteiger partial charge in [0, 0.05) is 18.2 Å². The maximum atomic E-state index is 5.31. The van der Waals surface area contributed by atoms with E-state index in [1.54, 1.807) is 7.11 Å². The molecule has 0 saturated carbocycles. The van der Waals surface area contributed by atoms with Gasteiger partial charge >= 0.3 is 0 Å². The molecule has 2 nitrogen and oxygen atoms in total. The molecule has 1 N–H and O–H groups in total. The first-order valence-electron chi connectivity index (χ1n) is 7.55. The molecule has 0 aliphatic heterocycles. The Kier molecular flexibility index (Phi) is 5.26. The minimum absolute atomic E-state index is 0.508. The number of methoxy groups -OCH3 is 1. The monoisotopic (exact) mass is 283 g/mol. The van der Waals surface area contributed by atoms with Crippen LogP contribution in [0.25, 0.3) is 0 Å². The molecule has 2 heteroatoms. The van der Waals surface area contributed by atoms with E-state index in [1.165, 1.54) is 5.56 Å². The van der Waals surface area contributed by atoms with E-state index in [-0.39, 0.29) is 0 Å². The van der Waals surface area contributed by atoms with E-state index in [2.05, 4.69) is 68.6 Å². The summed E-state index contributed by atoms with van der Waals surface area (Å²) < 4.78 is 5.31. The van der Waals surface area contributed by atoms with Crippen LogP contribution in [-0.4, -0.2) is 13.7 Å². The molecule has 0 aliphatic carbocycles. The summed E-state index contributed by atoms with van der Waals surface area (Å²) in [6, 6.07) is 17.0. The molecule has 2 aromatic rings. The van der Waals surface area contributed by atoms with Crippen LogP contribution in [0.4, 0.5) is 5.69 Å². The second kappa shape index (κ2) is 7.16. The van der Waals surface area contributed by atoms with Gasteiger partial charge in [0.05, 0.1) is 7.11 Å². The molecule has 0 aliphatic rings. The number of hydrogen-bond donors (Lipinski definition) is 1. The van der Waals surface area contributed by atoms with Gasteiger partial charge < -0.3 is 10.1 Å². The Morgan fingerprint density at radius 1 is 1.05 bits per heavy atom. The van der Waals surface area contributed by atoms with Crippen LogP contribution in [0.2, 0.25) is 0 Å². The highest BCUT2D eigenvalue weighted by Crippen LogP contribution is 2.26. The first-order chi connectivity index (χ1) is 10.1.